The molecule has 106 valence electrons. The molecule has 6 heteroatoms. The van der Waals surface area contributed by atoms with Crippen LogP contribution in [0.5, 0.6) is 0 Å². The lowest BCUT2D eigenvalue weighted by molar-refractivity contribution is 0.0951. The topological polar surface area (TPSA) is 68.0 Å². The van der Waals surface area contributed by atoms with Gasteiger partial charge in [0.2, 0.25) is 0 Å². The van der Waals surface area contributed by atoms with E-state index in [1.54, 1.807) is 6.20 Å². The van der Waals surface area contributed by atoms with Crippen molar-refractivity contribution in [2.75, 3.05) is 23.8 Å². The summed E-state index contributed by atoms with van der Waals surface area (Å²) in [5, 5.41) is 3.02. The predicted octanol–water partition coefficient (Wildman–Crippen LogP) is 2.75. The Hall–Kier alpha value is -1.27. The molecule has 3 rings (SSSR count). The zero-order chi connectivity index (χ0) is 13.9. The molecular formula is C14H17N3OS2. The minimum Gasteiger partial charge on any atom is -0.396 e. The van der Waals surface area contributed by atoms with Crippen molar-refractivity contribution in [3.05, 3.63) is 23.2 Å². The van der Waals surface area contributed by atoms with Crippen molar-refractivity contribution in [2.24, 2.45) is 5.92 Å². The molecule has 3 heterocycles. The summed E-state index contributed by atoms with van der Waals surface area (Å²) in [6.45, 7) is 0.751. The molecule has 0 radical (unpaired) electrons. The van der Waals surface area contributed by atoms with Crippen LogP contribution in [-0.4, -0.2) is 28.9 Å². The van der Waals surface area contributed by atoms with Crippen LogP contribution in [-0.2, 0) is 0 Å². The summed E-state index contributed by atoms with van der Waals surface area (Å²) in [4.78, 5) is 17.1. The number of nitrogen functional groups attached to an aromatic ring is 1. The second-order valence-corrected chi connectivity index (χ2v) is 7.24. The number of thiophene rings is 1. The first-order valence-corrected chi connectivity index (χ1v) is 8.72. The van der Waals surface area contributed by atoms with Gasteiger partial charge in [-0.3, -0.25) is 9.78 Å². The third-order valence-corrected chi connectivity index (χ3v) is 5.79. The zero-order valence-corrected chi connectivity index (χ0v) is 12.7. The predicted molar refractivity (Wildman–Crippen MR) is 86.4 cm³/mol. The Balaban J connectivity index is 1.70. The highest BCUT2D eigenvalue weighted by atomic mass is 32.2. The Labute approximate surface area is 126 Å². The summed E-state index contributed by atoms with van der Waals surface area (Å²) >= 11 is 3.41. The van der Waals surface area contributed by atoms with Crippen molar-refractivity contribution < 1.29 is 4.79 Å². The number of nitrogens with one attached hydrogen (secondary N) is 1. The third-order valence-electron chi connectivity index (χ3n) is 3.58. The van der Waals surface area contributed by atoms with Gasteiger partial charge in [-0.25, -0.2) is 0 Å². The first-order chi connectivity index (χ1) is 9.75. The van der Waals surface area contributed by atoms with Crippen molar-refractivity contribution in [3.63, 3.8) is 0 Å². The van der Waals surface area contributed by atoms with Crippen LogP contribution in [0.2, 0.25) is 0 Å². The molecule has 1 aliphatic heterocycles. The Morgan fingerprint density at radius 1 is 1.45 bits per heavy atom. The number of fused-ring (bicyclic) bond motifs is 1. The molecule has 20 heavy (non-hydrogen) atoms. The van der Waals surface area contributed by atoms with Gasteiger partial charge in [0, 0.05) is 12.7 Å². The van der Waals surface area contributed by atoms with Crippen LogP contribution in [0.4, 0.5) is 5.69 Å². The molecule has 0 bridgehead atoms. The molecule has 4 nitrogen and oxygen atoms in total. The largest absolute Gasteiger partial charge is 0.396 e. The standard InChI is InChI=1S/C14H17N3OS2/c15-11-12-10(2-1-5-16-12)20-13(11)14(18)17-8-9-3-6-19-7-4-9/h1-2,5,9H,3-4,6-8,15H2,(H,17,18). The number of anilines is 1. The molecular weight excluding hydrogens is 290 g/mol. The maximum absolute atomic E-state index is 12.3. The number of rotatable bonds is 3. The lowest BCUT2D eigenvalue weighted by atomic mass is 10.0. The molecule has 0 aliphatic carbocycles. The molecule has 1 fully saturated rings. The molecule has 0 spiro atoms. The average molecular weight is 307 g/mol. The van der Waals surface area contributed by atoms with Crippen LogP contribution in [0.3, 0.4) is 0 Å². The van der Waals surface area contributed by atoms with Gasteiger partial charge in [-0.05, 0) is 42.4 Å². The van der Waals surface area contributed by atoms with E-state index in [0.29, 0.717) is 16.5 Å². The number of thioether (sulfide) groups is 1. The molecule has 2 aromatic rings. The Morgan fingerprint density at radius 2 is 2.25 bits per heavy atom. The summed E-state index contributed by atoms with van der Waals surface area (Å²) in [6, 6.07) is 3.80. The molecule has 2 aromatic heterocycles. The molecule has 0 atom stereocenters. The number of carbonyl (C=O) groups excluding carboxylic acids is 1. The summed E-state index contributed by atoms with van der Waals surface area (Å²) in [7, 11) is 0. The Bertz CT molecular complexity index is 620. The van der Waals surface area contributed by atoms with Gasteiger partial charge in [-0.15, -0.1) is 11.3 Å². The monoisotopic (exact) mass is 307 g/mol. The van der Waals surface area contributed by atoms with Gasteiger partial charge in [-0.2, -0.15) is 11.8 Å². The number of pyridine rings is 1. The molecule has 1 amide bonds. The van der Waals surface area contributed by atoms with Crippen molar-refractivity contribution >= 4 is 44.9 Å². The van der Waals surface area contributed by atoms with Crippen LogP contribution in [0, 0.1) is 5.92 Å². The van der Waals surface area contributed by atoms with Crippen molar-refractivity contribution in [2.45, 2.75) is 12.8 Å². The van der Waals surface area contributed by atoms with Gasteiger partial charge in [0.15, 0.2) is 0 Å². The Kier molecular flexibility index (Phi) is 4.12. The van der Waals surface area contributed by atoms with Crippen LogP contribution in [0.1, 0.15) is 22.5 Å². The fourth-order valence-corrected chi connectivity index (χ4v) is 4.59. The summed E-state index contributed by atoms with van der Waals surface area (Å²) in [5.41, 5.74) is 7.27. The van der Waals surface area contributed by atoms with E-state index in [4.69, 9.17) is 5.73 Å². The average Bonchev–Trinajstić information content (AvgIpc) is 2.84. The first kappa shape index (κ1) is 13.7. The molecule has 0 unspecified atom stereocenters. The van der Waals surface area contributed by atoms with Crippen LogP contribution >= 0.6 is 23.1 Å². The Morgan fingerprint density at radius 3 is 3.00 bits per heavy atom. The summed E-state index contributed by atoms with van der Waals surface area (Å²) in [6.07, 6.45) is 4.08. The highest BCUT2D eigenvalue weighted by Crippen LogP contribution is 2.31. The number of nitrogens with zero attached hydrogens (tertiary/aromatic N) is 1. The normalized spacial score (nSPS) is 16.4. The van der Waals surface area contributed by atoms with E-state index >= 15 is 0 Å². The van der Waals surface area contributed by atoms with Gasteiger partial charge < -0.3 is 11.1 Å². The van der Waals surface area contributed by atoms with Crippen molar-refractivity contribution in [1.82, 2.24) is 10.3 Å². The fraction of sp³-hybridized carbons (Fsp3) is 0.429. The minimum atomic E-state index is -0.0660. The van der Waals surface area contributed by atoms with Crippen LogP contribution < -0.4 is 11.1 Å². The lowest BCUT2D eigenvalue weighted by Gasteiger charge is -2.21. The number of nitrogens with two attached hydrogens (primary N) is 1. The quantitative estimate of drug-likeness (QED) is 0.915. The van der Waals surface area contributed by atoms with Gasteiger partial charge in [-0.1, -0.05) is 0 Å². The van der Waals surface area contributed by atoms with Crippen LogP contribution in [0.15, 0.2) is 18.3 Å². The first-order valence-electron chi connectivity index (χ1n) is 6.74. The van der Waals surface area contributed by atoms with Gasteiger partial charge in [0.1, 0.15) is 10.4 Å². The van der Waals surface area contributed by atoms with Gasteiger partial charge >= 0.3 is 0 Å². The number of amides is 1. The zero-order valence-electron chi connectivity index (χ0n) is 11.1. The highest BCUT2D eigenvalue weighted by Gasteiger charge is 2.19. The third kappa shape index (κ3) is 2.76. The minimum absolute atomic E-state index is 0.0660. The van der Waals surface area contributed by atoms with Crippen LogP contribution in [0.25, 0.3) is 10.2 Å². The molecule has 0 aromatic carbocycles. The van der Waals surface area contributed by atoms with Gasteiger partial charge in [0.05, 0.1) is 10.4 Å². The lowest BCUT2D eigenvalue weighted by Crippen LogP contribution is -2.30. The molecule has 3 N–H and O–H groups in total. The summed E-state index contributed by atoms with van der Waals surface area (Å²) in [5.74, 6) is 2.95. The maximum atomic E-state index is 12.3. The maximum Gasteiger partial charge on any atom is 0.263 e. The SMILES string of the molecule is Nc1c(C(=O)NCC2CCSCC2)sc2cccnc12. The molecule has 1 saturated heterocycles. The number of hydrogen-bond donors (Lipinski definition) is 2. The van der Waals surface area contributed by atoms with E-state index in [9.17, 15) is 4.79 Å². The highest BCUT2D eigenvalue weighted by molar-refractivity contribution is 7.99. The second-order valence-electron chi connectivity index (χ2n) is 4.96. The number of carbonyl (C=O) groups is 1. The molecule has 0 saturated carbocycles. The number of hydrogen-bond acceptors (Lipinski definition) is 5. The molecule has 1 aliphatic rings. The van der Waals surface area contributed by atoms with Gasteiger partial charge in [0.25, 0.3) is 5.91 Å². The number of aromatic nitrogens is 1. The van der Waals surface area contributed by atoms with E-state index in [0.717, 1.165) is 16.8 Å². The van der Waals surface area contributed by atoms with E-state index in [2.05, 4.69) is 10.3 Å². The van der Waals surface area contributed by atoms with Crippen molar-refractivity contribution in [1.29, 1.82) is 0 Å². The van der Waals surface area contributed by atoms with Crippen molar-refractivity contribution in [3.8, 4) is 0 Å². The smallest absolute Gasteiger partial charge is 0.263 e. The second kappa shape index (κ2) is 6.01. The van der Waals surface area contributed by atoms with E-state index in [-0.39, 0.29) is 5.91 Å². The van der Waals surface area contributed by atoms with E-state index in [1.807, 2.05) is 23.9 Å². The fourth-order valence-electron chi connectivity index (χ4n) is 2.38. The summed E-state index contributed by atoms with van der Waals surface area (Å²) < 4.78 is 0.962. The van der Waals surface area contributed by atoms with E-state index < -0.39 is 0 Å². The van der Waals surface area contributed by atoms with E-state index in [1.165, 1.54) is 35.7 Å².